The number of anilines is 4. The number of pyridine rings is 2. The highest BCUT2D eigenvalue weighted by molar-refractivity contribution is 5.99. The second-order valence-electron chi connectivity index (χ2n) is 7.04. The van der Waals surface area contributed by atoms with Gasteiger partial charge in [0.15, 0.2) is 11.6 Å². The summed E-state index contributed by atoms with van der Waals surface area (Å²) in [6, 6.07) is 19.0. The van der Waals surface area contributed by atoms with E-state index < -0.39 is 0 Å². The minimum Gasteiger partial charge on any atom is -0.324 e. The molecule has 9 nitrogen and oxygen atoms in total. The lowest BCUT2D eigenvalue weighted by Crippen LogP contribution is -2.06. The molecule has 0 unspecified atom stereocenters. The van der Waals surface area contributed by atoms with Crippen molar-refractivity contribution in [2.24, 2.45) is 10.2 Å². The van der Waals surface area contributed by atoms with Gasteiger partial charge in [-0.1, -0.05) is 18.2 Å². The minimum atomic E-state index is 0.405. The highest BCUT2D eigenvalue weighted by atomic mass is 15.4. The number of nitrogens with zero attached hydrogens (tertiary/aromatic N) is 6. The SMILES string of the molecule is C/C(=N/Nc1cc(N/N=C(\C)c2ccncc2)nc(Nc2ccccc2)n1)c1ccncc1. The van der Waals surface area contributed by atoms with Gasteiger partial charge in [0, 0.05) is 47.7 Å². The van der Waals surface area contributed by atoms with E-state index in [2.05, 4.69) is 46.3 Å². The summed E-state index contributed by atoms with van der Waals surface area (Å²) in [6.07, 6.45) is 6.91. The van der Waals surface area contributed by atoms with Crippen molar-refractivity contribution in [3.05, 3.63) is 96.6 Å². The Morgan fingerprint density at radius 2 is 1.15 bits per heavy atom. The van der Waals surface area contributed by atoms with Crippen LogP contribution in [-0.2, 0) is 0 Å². The van der Waals surface area contributed by atoms with Gasteiger partial charge in [-0.25, -0.2) is 0 Å². The fraction of sp³-hybridized carbons (Fsp3) is 0.0833. The topological polar surface area (TPSA) is 112 Å². The van der Waals surface area contributed by atoms with Crippen LogP contribution in [0.5, 0.6) is 0 Å². The third kappa shape index (κ3) is 6.17. The Kier molecular flexibility index (Phi) is 6.92. The smallest absolute Gasteiger partial charge is 0.231 e. The second kappa shape index (κ2) is 10.6. The Bertz CT molecular complexity index is 1170. The average molecular weight is 438 g/mol. The molecular weight excluding hydrogens is 414 g/mol. The average Bonchev–Trinajstić information content (AvgIpc) is 2.87. The van der Waals surface area contributed by atoms with Gasteiger partial charge in [0.25, 0.3) is 0 Å². The van der Waals surface area contributed by atoms with E-state index >= 15 is 0 Å². The van der Waals surface area contributed by atoms with Crippen LogP contribution in [0.1, 0.15) is 25.0 Å². The number of nitrogens with one attached hydrogen (secondary N) is 3. The third-order valence-electron chi connectivity index (χ3n) is 4.63. The molecule has 0 bridgehead atoms. The van der Waals surface area contributed by atoms with Crippen molar-refractivity contribution in [1.29, 1.82) is 0 Å². The zero-order chi connectivity index (χ0) is 22.9. The quantitative estimate of drug-likeness (QED) is 0.271. The number of para-hydroxylation sites is 1. The maximum atomic E-state index is 4.53. The van der Waals surface area contributed by atoms with Gasteiger partial charge in [0.05, 0.1) is 11.4 Å². The fourth-order valence-corrected chi connectivity index (χ4v) is 2.87. The number of hydrogen-bond acceptors (Lipinski definition) is 9. The molecule has 0 aliphatic carbocycles. The van der Waals surface area contributed by atoms with Gasteiger partial charge in [-0.2, -0.15) is 20.2 Å². The van der Waals surface area contributed by atoms with Crippen molar-refractivity contribution in [3.8, 4) is 0 Å². The van der Waals surface area contributed by atoms with Gasteiger partial charge in [-0.15, -0.1) is 0 Å². The molecule has 0 aliphatic heterocycles. The molecule has 3 N–H and O–H groups in total. The van der Waals surface area contributed by atoms with Crippen LogP contribution in [0.3, 0.4) is 0 Å². The summed E-state index contributed by atoms with van der Waals surface area (Å²) in [5.41, 5.74) is 10.4. The Morgan fingerprint density at radius 3 is 1.64 bits per heavy atom. The number of hydrogen-bond donors (Lipinski definition) is 3. The van der Waals surface area contributed by atoms with E-state index in [1.807, 2.05) is 68.4 Å². The van der Waals surface area contributed by atoms with E-state index in [0.29, 0.717) is 17.6 Å². The Hall–Kier alpha value is -4.66. The first-order valence-electron chi connectivity index (χ1n) is 10.3. The molecule has 4 rings (SSSR count). The highest BCUT2D eigenvalue weighted by Crippen LogP contribution is 2.19. The van der Waals surface area contributed by atoms with Gasteiger partial charge >= 0.3 is 0 Å². The summed E-state index contributed by atoms with van der Waals surface area (Å²) >= 11 is 0. The van der Waals surface area contributed by atoms with Crippen molar-refractivity contribution in [1.82, 2.24) is 19.9 Å². The first kappa shape index (κ1) is 21.6. The van der Waals surface area contributed by atoms with E-state index in [-0.39, 0.29) is 0 Å². The van der Waals surface area contributed by atoms with Gasteiger partial charge in [0.1, 0.15) is 0 Å². The molecule has 4 aromatic rings. The predicted molar refractivity (Wildman–Crippen MR) is 132 cm³/mol. The van der Waals surface area contributed by atoms with Crippen molar-refractivity contribution in [2.75, 3.05) is 16.2 Å². The summed E-state index contributed by atoms with van der Waals surface area (Å²) in [6.45, 7) is 3.82. The summed E-state index contributed by atoms with van der Waals surface area (Å²) < 4.78 is 0. The first-order valence-corrected chi connectivity index (χ1v) is 10.3. The van der Waals surface area contributed by atoms with Crippen LogP contribution in [-0.4, -0.2) is 31.4 Å². The van der Waals surface area contributed by atoms with Gasteiger partial charge in [-0.3, -0.25) is 20.8 Å². The summed E-state index contributed by atoms with van der Waals surface area (Å²) in [7, 11) is 0. The monoisotopic (exact) mass is 437 g/mol. The fourth-order valence-electron chi connectivity index (χ4n) is 2.87. The van der Waals surface area contributed by atoms with Crippen LogP contribution in [0.2, 0.25) is 0 Å². The maximum absolute atomic E-state index is 4.53. The van der Waals surface area contributed by atoms with E-state index in [0.717, 1.165) is 28.2 Å². The highest BCUT2D eigenvalue weighted by Gasteiger charge is 2.06. The first-order chi connectivity index (χ1) is 16.2. The summed E-state index contributed by atoms with van der Waals surface area (Å²) in [5.74, 6) is 1.43. The molecule has 0 spiro atoms. The molecule has 3 aromatic heterocycles. The second-order valence-corrected chi connectivity index (χ2v) is 7.04. The van der Waals surface area contributed by atoms with Crippen molar-refractivity contribution in [3.63, 3.8) is 0 Å². The van der Waals surface area contributed by atoms with Crippen molar-refractivity contribution < 1.29 is 0 Å². The lowest BCUT2D eigenvalue weighted by molar-refractivity contribution is 1.12. The Labute approximate surface area is 191 Å². The van der Waals surface area contributed by atoms with E-state index in [9.17, 15) is 0 Å². The molecule has 1 aromatic carbocycles. The number of aromatic nitrogens is 4. The maximum Gasteiger partial charge on any atom is 0.231 e. The zero-order valence-corrected chi connectivity index (χ0v) is 18.3. The molecule has 0 atom stereocenters. The molecule has 0 aliphatic rings. The largest absolute Gasteiger partial charge is 0.324 e. The van der Waals surface area contributed by atoms with E-state index in [1.165, 1.54) is 0 Å². The predicted octanol–water partition coefficient (Wildman–Crippen LogP) is 4.68. The van der Waals surface area contributed by atoms with E-state index in [4.69, 9.17) is 0 Å². The normalized spacial score (nSPS) is 11.7. The molecule has 0 saturated carbocycles. The number of benzene rings is 1. The molecule has 0 saturated heterocycles. The van der Waals surface area contributed by atoms with Crippen LogP contribution >= 0.6 is 0 Å². The van der Waals surface area contributed by atoms with Gasteiger partial charge in [0.2, 0.25) is 5.95 Å². The lowest BCUT2D eigenvalue weighted by Gasteiger charge is -2.10. The molecule has 0 fully saturated rings. The summed E-state index contributed by atoms with van der Waals surface area (Å²) in [5, 5.41) is 12.1. The minimum absolute atomic E-state index is 0.405. The van der Waals surface area contributed by atoms with E-state index in [1.54, 1.807) is 30.9 Å². The zero-order valence-electron chi connectivity index (χ0n) is 18.3. The molecule has 33 heavy (non-hydrogen) atoms. The van der Waals surface area contributed by atoms with Gasteiger partial charge in [-0.05, 0) is 50.2 Å². The Morgan fingerprint density at radius 1 is 0.667 bits per heavy atom. The van der Waals surface area contributed by atoms with Crippen LogP contribution in [0.4, 0.5) is 23.3 Å². The molecule has 0 amide bonds. The molecule has 9 heteroatoms. The number of rotatable bonds is 8. The van der Waals surface area contributed by atoms with Crippen LogP contribution in [0.15, 0.2) is 95.7 Å². The molecular formula is C24H23N9. The summed E-state index contributed by atoms with van der Waals surface area (Å²) in [4.78, 5) is 17.1. The molecule has 0 radical (unpaired) electrons. The van der Waals surface area contributed by atoms with Crippen LogP contribution in [0, 0.1) is 0 Å². The van der Waals surface area contributed by atoms with Crippen molar-refractivity contribution >= 4 is 34.7 Å². The standard InChI is InChI=1S/C24H23N9/c1-17(19-8-12-25-13-9-19)30-32-22-16-23(33-31-18(2)20-10-14-26-15-11-20)29-24(28-22)27-21-6-4-3-5-7-21/h3-16H,1-2H3,(H3,27,28,29,32,33)/b30-17-,31-18+. The lowest BCUT2D eigenvalue weighted by atomic mass is 10.2. The van der Waals surface area contributed by atoms with Crippen molar-refractivity contribution in [2.45, 2.75) is 13.8 Å². The Balaban J connectivity index is 1.59. The van der Waals surface area contributed by atoms with Gasteiger partial charge < -0.3 is 5.32 Å². The third-order valence-corrected chi connectivity index (χ3v) is 4.63. The van der Waals surface area contributed by atoms with Crippen LogP contribution in [0.25, 0.3) is 0 Å². The van der Waals surface area contributed by atoms with Crippen LogP contribution < -0.4 is 16.2 Å². The molecule has 164 valence electrons. The number of hydrazone groups is 2. The molecule has 3 heterocycles.